The lowest BCUT2D eigenvalue weighted by Crippen LogP contribution is -2.42. The fraction of sp³-hybridized carbons (Fsp3) is 0.381. The summed E-state index contributed by atoms with van der Waals surface area (Å²) in [4.78, 5) is 12.4. The molecule has 26 heavy (non-hydrogen) atoms. The first kappa shape index (κ1) is 18.1. The Kier molecular flexibility index (Phi) is 5.07. The van der Waals surface area contributed by atoms with Crippen molar-refractivity contribution in [1.82, 2.24) is 5.32 Å². The number of hydrogen-bond donors (Lipinski definition) is 1. The van der Waals surface area contributed by atoms with E-state index in [4.69, 9.17) is 14.2 Å². The molecule has 0 aliphatic carbocycles. The number of carbonyl (C=O) groups excluding carboxylic acids is 1. The van der Waals surface area contributed by atoms with Gasteiger partial charge in [0.05, 0.1) is 13.2 Å². The zero-order valence-corrected chi connectivity index (χ0v) is 15.7. The van der Waals surface area contributed by atoms with Gasteiger partial charge in [-0.25, -0.2) is 0 Å². The molecule has 3 rings (SSSR count). The van der Waals surface area contributed by atoms with Gasteiger partial charge in [-0.15, -0.1) is 0 Å². The highest BCUT2D eigenvalue weighted by molar-refractivity contribution is 5.78. The van der Waals surface area contributed by atoms with Crippen LogP contribution in [-0.4, -0.2) is 25.2 Å². The van der Waals surface area contributed by atoms with E-state index in [1.165, 1.54) is 0 Å². The highest BCUT2D eigenvalue weighted by Crippen LogP contribution is 2.39. The Hall–Kier alpha value is -2.69. The summed E-state index contributed by atoms with van der Waals surface area (Å²) >= 11 is 0. The van der Waals surface area contributed by atoms with Crippen molar-refractivity contribution in [2.45, 2.75) is 38.8 Å². The lowest BCUT2D eigenvalue weighted by Gasteiger charge is -2.38. The second-order valence-corrected chi connectivity index (χ2v) is 7.19. The minimum atomic E-state index is -0.336. The Morgan fingerprint density at radius 2 is 1.88 bits per heavy atom. The molecule has 5 nitrogen and oxygen atoms in total. The van der Waals surface area contributed by atoms with Gasteiger partial charge in [0.2, 0.25) is 0 Å². The minimum Gasteiger partial charge on any atom is -0.497 e. The summed E-state index contributed by atoms with van der Waals surface area (Å²) < 4.78 is 16.7. The van der Waals surface area contributed by atoms with Crippen molar-refractivity contribution in [3.8, 4) is 17.2 Å². The molecule has 0 saturated carbocycles. The van der Waals surface area contributed by atoms with E-state index in [1.807, 2.05) is 32.9 Å². The standard InChI is InChI=1S/C21H25NO4/c1-14-5-10-19-17(11-14)18(12-21(2,3)26-19)22-20(23)13-25-16-8-6-15(24-4)7-9-16/h5-11,18H,12-13H2,1-4H3,(H,22,23). The van der Waals surface area contributed by atoms with Gasteiger partial charge in [-0.05, 0) is 51.1 Å². The van der Waals surface area contributed by atoms with Crippen molar-refractivity contribution in [3.05, 3.63) is 53.6 Å². The molecule has 0 bridgehead atoms. The first-order valence-corrected chi connectivity index (χ1v) is 8.72. The third-order valence-corrected chi connectivity index (χ3v) is 4.39. The van der Waals surface area contributed by atoms with Crippen LogP contribution in [0, 0.1) is 6.92 Å². The second kappa shape index (κ2) is 7.28. The van der Waals surface area contributed by atoms with Crippen molar-refractivity contribution < 1.29 is 19.0 Å². The van der Waals surface area contributed by atoms with E-state index in [9.17, 15) is 4.79 Å². The van der Waals surface area contributed by atoms with Crippen molar-refractivity contribution in [2.75, 3.05) is 13.7 Å². The van der Waals surface area contributed by atoms with Crippen LogP contribution in [0.1, 0.15) is 37.4 Å². The van der Waals surface area contributed by atoms with E-state index in [-0.39, 0.29) is 24.2 Å². The molecule has 2 aromatic carbocycles. The highest BCUT2D eigenvalue weighted by Gasteiger charge is 2.34. The van der Waals surface area contributed by atoms with Gasteiger partial charge >= 0.3 is 0 Å². The van der Waals surface area contributed by atoms with E-state index in [0.29, 0.717) is 12.2 Å². The zero-order valence-electron chi connectivity index (χ0n) is 15.7. The van der Waals surface area contributed by atoms with Crippen LogP contribution in [0.5, 0.6) is 17.2 Å². The molecule has 0 aromatic heterocycles. The van der Waals surface area contributed by atoms with Crippen LogP contribution >= 0.6 is 0 Å². The second-order valence-electron chi connectivity index (χ2n) is 7.19. The number of fused-ring (bicyclic) bond motifs is 1. The van der Waals surface area contributed by atoms with Crippen molar-refractivity contribution in [3.63, 3.8) is 0 Å². The van der Waals surface area contributed by atoms with Crippen LogP contribution in [0.2, 0.25) is 0 Å². The van der Waals surface area contributed by atoms with Gasteiger partial charge in [0.1, 0.15) is 22.8 Å². The predicted octanol–water partition coefficient (Wildman–Crippen LogP) is 3.80. The Balaban J connectivity index is 1.65. The number of ether oxygens (including phenoxy) is 3. The molecular weight excluding hydrogens is 330 g/mol. The Morgan fingerprint density at radius 1 is 1.19 bits per heavy atom. The van der Waals surface area contributed by atoms with Gasteiger partial charge in [-0.1, -0.05) is 17.7 Å². The molecule has 1 N–H and O–H groups in total. The molecule has 1 atom stereocenters. The average molecular weight is 355 g/mol. The van der Waals surface area contributed by atoms with Crippen LogP contribution in [-0.2, 0) is 4.79 Å². The van der Waals surface area contributed by atoms with E-state index >= 15 is 0 Å². The highest BCUT2D eigenvalue weighted by atomic mass is 16.5. The number of aryl methyl sites for hydroxylation is 1. The molecule has 1 aliphatic heterocycles. The molecule has 1 aliphatic rings. The van der Waals surface area contributed by atoms with Gasteiger partial charge in [0, 0.05) is 12.0 Å². The summed E-state index contributed by atoms with van der Waals surface area (Å²) in [5.74, 6) is 2.05. The van der Waals surface area contributed by atoms with Crippen molar-refractivity contribution in [1.29, 1.82) is 0 Å². The molecule has 0 spiro atoms. The third kappa shape index (κ3) is 4.28. The molecule has 138 valence electrons. The average Bonchev–Trinajstić information content (AvgIpc) is 2.60. The van der Waals surface area contributed by atoms with Gasteiger partial charge in [-0.2, -0.15) is 0 Å². The minimum absolute atomic E-state index is 0.0364. The van der Waals surface area contributed by atoms with Crippen molar-refractivity contribution >= 4 is 5.91 Å². The Bertz CT molecular complexity index is 783. The first-order valence-electron chi connectivity index (χ1n) is 8.72. The fourth-order valence-electron chi connectivity index (χ4n) is 3.16. The summed E-state index contributed by atoms with van der Waals surface area (Å²) in [6.45, 7) is 6.06. The summed E-state index contributed by atoms with van der Waals surface area (Å²) in [7, 11) is 1.61. The molecule has 0 fully saturated rings. The molecule has 1 unspecified atom stereocenters. The number of benzene rings is 2. The maximum absolute atomic E-state index is 12.4. The van der Waals surface area contributed by atoms with Crippen LogP contribution < -0.4 is 19.5 Å². The maximum atomic E-state index is 12.4. The third-order valence-electron chi connectivity index (χ3n) is 4.39. The maximum Gasteiger partial charge on any atom is 0.258 e. The van der Waals surface area contributed by atoms with Crippen LogP contribution in [0.15, 0.2) is 42.5 Å². The largest absolute Gasteiger partial charge is 0.497 e. The molecule has 5 heteroatoms. The fourth-order valence-corrected chi connectivity index (χ4v) is 3.16. The Labute approximate surface area is 154 Å². The SMILES string of the molecule is COc1ccc(OCC(=O)NC2CC(C)(C)Oc3ccc(C)cc32)cc1. The van der Waals surface area contributed by atoms with Crippen LogP contribution in [0.25, 0.3) is 0 Å². The number of carbonyl (C=O) groups is 1. The molecule has 1 heterocycles. The number of nitrogens with one attached hydrogen (secondary N) is 1. The van der Waals surface area contributed by atoms with E-state index in [0.717, 1.165) is 22.6 Å². The monoisotopic (exact) mass is 355 g/mol. The number of hydrogen-bond acceptors (Lipinski definition) is 4. The normalized spacial score (nSPS) is 17.6. The molecule has 0 radical (unpaired) electrons. The van der Waals surface area contributed by atoms with E-state index in [1.54, 1.807) is 31.4 Å². The molecule has 0 saturated heterocycles. The van der Waals surface area contributed by atoms with Crippen molar-refractivity contribution in [2.24, 2.45) is 0 Å². The first-order chi connectivity index (χ1) is 12.4. The van der Waals surface area contributed by atoms with Crippen LogP contribution in [0.3, 0.4) is 0 Å². The molecule has 2 aromatic rings. The lowest BCUT2D eigenvalue weighted by atomic mass is 9.89. The van der Waals surface area contributed by atoms with E-state index in [2.05, 4.69) is 11.4 Å². The summed E-state index contributed by atoms with van der Waals surface area (Å²) in [6, 6.07) is 13.1. The number of methoxy groups -OCH3 is 1. The topological polar surface area (TPSA) is 56.8 Å². The summed E-state index contributed by atoms with van der Waals surface area (Å²) in [6.07, 6.45) is 0.706. The smallest absolute Gasteiger partial charge is 0.258 e. The molecule has 1 amide bonds. The Morgan fingerprint density at radius 3 is 2.58 bits per heavy atom. The quantitative estimate of drug-likeness (QED) is 0.886. The van der Waals surface area contributed by atoms with E-state index < -0.39 is 0 Å². The van der Waals surface area contributed by atoms with Crippen LogP contribution in [0.4, 0.5) is 0 Å². The lowest BCUT2D eigenvalue weighted by molar-refractivity contribution is -0.124. The van der Waals surface area contributed by atoms with Gasteiger partial charge in [-0.3, -0.25) is 4.79 Å². The molecular formula is C21H25NO4. The number of rotatable bonds is 5. The van der Waals surface area contributed by atoms with Gasteiger partial charge in [0.25, 0.3) is 5.91 Å². The summed E-state index contributed by atoms with van der Waals surface area (Å²) in [5.41, 5.74) is 1.82. The number of amides is 1. The predicted molar refractivity (Wildman–Crippen MR) is 99.9 cm³/mol. The van der Waals surface area contributed by atoms with Gasteiger partial charge in [0.15, 0.2) is 6.61 Å². The van der Waals surface area contributed by atoms with Gasteiger partial charge < -0.3 is 19.5 Å². The zero-order chi connectivity index (χ0) is 18.7. The summed E-state index contributed by atoms with van der Waals surface area (Å²) in [5, 5.41) is 3.08.